The molecule has 0 saturated carbocycles. The van der Waals surface area contributed by atoms with Crippen molar-refractivity contribution in [1.82, 2.24) is 14.4 Å². The average Bonchev–Trinajstić information content (AvgIpc) is 3.05. The first-order valence-corrected chi connectivity index (χ1v) is 8.47. The molecule has 0 atom stereocenters. The Bertz CT molecular complexity index is 1130. The third-order valence-electron chi connectivity index (χ3n) is 3.70. The molecule has 0 unspecified atom stereocenters. The van der Waals surface area contributed by atoms with Crippen LogP contribution in [0.3, 0.4) is 0 Å². The first-order valence-electron chi connectivity index (χ1n) is 7.59. The van der Waals surface area contributed by atoms with Crippen LogP contribution in [-0.2, 0) is 0 Å². The van der Waals surface area contributed by atoms with Crippen molar-refractivity contribution in [2.45, 2.75) is 0 Å². The lowest BCUT2D eigenvalue weighted by Gasteiger charge is -2.02. The number of thiazole rings is 1. The highest BCUT2D eigenvalue weighted by molar-refractivity contribution is 7.15. The van der Waals surface area contributed by atoms with E-state index in [2.05, 4.69) is 9.97 Å². The Kier molecular flexibility index (Phi) is 3.87. The Morgan fingerprint density at radius 3 is 2.84 bits per heavy atom. The van der Waals surface area contributed by atoms with Crippen LogP contribution in [0.1, 0.15) is 11.3 Å². The Hall–Kier alpha value is -3.25. The molecular formula is C19H13N3O2S. The van der Waals surface area contributed by atoms with Crippen molar-refractivity contribution >= 4 is 28.4 Å². The predicted octanol–water partition coefficient (Wildman–Crippen LogP) is 3.69. The summed E-state index contributed by atoms with van der Waals surface area (Å²) < 4.78 is 1.56. The third-order valence-corrected chi connectivity index (χ3v) is 4.52. The van der Waals surface area contributed by atoms with Gasteiger partial charge < -0.3 is 5.11 Å². The number of phenolic OH excluding ortho intramolecular Hbond substituents is 1. The van der Waals surface area contributed by atoms with E-state index in [-0.39, 0.29) is 11.3 Å². The number of aromatic hydroxyl groups is 1. The minimum absolute atomic E-state index is 0.157. The van der Waals surface area contributed by atoms with Crippen molar-refractivity contribution < 1.29 is 5.11 Å². The van der Waals surface area contributed by atoms with Crippen molar-refractivity contribution in [3.63, 3.8) is 0 Å². The van der Waals surface area contributed by atoms with Crippen LogP contribution in [0, 0.1) is 0 Å². The Morgan fingerprint density at radius 1 is 1.12 bits per heavy atom. The molecule has 6 heteroatoms. The van der Waals surface area contributed by atoms with Crippen LogP contribution in [-0.4, -0.2) is 19.5 Å². The first-order chi connectivity index (χ1) is 12.2. The van der Waals surface area contributed by atoms with Gasteiger partial charge in [-0.05, 0) is 29.8 Å². The zero-order valence-corrected chi connectivity index (χ0v) is 13.9. The summed E-state index contributed by atoms with van der Waals surface area (Å²) in [5.74, 6) is 0.161. The van der Waals surface area contributed by atoms with Crippen molar-refractivity contribution in [1.29, 1.82) is 0 Å². The van der Waals surface area contributed by atoms with Crippen molar-refractivity contribution in [2.24, 2.45) is 0 Å². The van der Waals surface area contributed by atoms with Gasteiger partial charge in [-0.3, -0.25) is 14.2 Å². The SMILES string of the molecule is O=c1cc(C=Cc2cccnc2)nc2scc(-c3cccc(O)c3)n12. The van der Waals surface area contributed by atoms with Gasteiger partial charge in [-0.1, -0.05) is 24.3 Å². The molecule has 0 aliphatic carbocycles. The molecule has 0 amide bonds. The molecule has 0 aliphatic rings. The minimum Gasteiger partial charge on any atom is -0.508 e. The van der Waals surface area contributed by atoms with E-state index in [0.29, 0.717) is 10.7 Å². The van der Waals surface area contributed by atoms with Crippen LogP contribution in [0.5, 0.6) is 5.75 Å². The maximum Gasteiger partial charge on any atom is 0.259 e. The summed E-state index contributed by atoms with van der Waals surface area (Å²) in [5.41, 5.74) is 2.87. The van der Waals surface area contributed by atoms with Gasteiger partial charge >= 0.3 is 0 Å². The van der Waals surface area contributed by atoms with Crippen LogP contribution in [0.2, 0.25) is 0 Å². The van der Waals surface area contributed by atoms with Gasteiger partial charge in [0.05, 0.1) is 11.4 Å². The molecule has 5 nitrogen and oxygen atoms in total. The average molecular weight is 347 g/mol. The minimum atomic E-state index is -0.157. The van der Waals surface area contributed by atoms with E-state index in [9.17, 15) is 9.90 Å². The Morgan fingerprint density at radius 2 is 2.04 bits per heavy atom. The summed E-state index contributed by atoms with van der Waals surface area (Å²) in [7, 11) is 0. The molecule has 0 radical (unpaired) electrons. The van der Waals surface area contributed by atoms with Crippen LogP contribution >= 0.6 is 11.3 Å². The molecule has 4 rings (SSSR count). The number of phenols is 1. The van der Waals surface area contributed by atoms with Gasteiger partial charge in [-0.2, -0.15) is 0 Å². The van der Waals surface area contributed by atoms with E-state index < -0.39 is 0 Å². The molecule has 1 N–H and O–H groups in total. The number of aromatic nitrogens is 3. The monoisotopic (exact) mass is 347 g/mol. The normalized spacial score (nSPS) is 11.4. The molecule has 122 valence electrons. The van der Waals surface area contributed by atoms with Crippen LogP contribution in [0.15, 0.2) is 65.0 Å². The van der Waals surface area contributed by atoms with Crippen molar-refractivity contribution in [3.8, 4) is 17.0 Å². The molecule has 1 aromatic carbocycles. The van der Waals surface area contributed by atoms with E-state index in [1.54, 1.807) is 41.1 Å². The zero-order valence-electron chi connectivity index (χ0n) is 13.0. The smallest absolute Gasteiger partial charge is 0.259 e. The summed E-state index contributed by atoms with van der Waals surface area (Å²) in [6.07, 6.45) is 7.12. The molecule has 4 aromatic rings. The van der Waals surface area contributed by atoms with Gasteiger partial charge in [0.2, 0.25) is 0 Å². The standard InChI is InChI=1S/C19H13N3O2S/c23-16-5-1-4-14(9-16)17-12-25-19-21-15(10-18(24)22(17)19)7-6-13-3-2-8-20-11-13/h1-12,23H. The molecule has 0 aliphatic heterocycles. The van der Waals surface area contributed by atoms with Crippen LogP contribution in [0.4, 0.5) is 0 Å². The first kappa shape index (κ1) is 15.3. The van der Waals surface area contributed by atoms with Gasteiger partial charge in [0.1, 0.15) is 5.75 Å². The molecule has 0 fully saturated rings. The van der Waals surface area contributed by atoms with Gasteiger partial charge in [0, 0.05) is 29.4 Å². The van der Waals surface area contributed by atoms with Gasteiger partial charge in [0.15, 0.2) is 4.96 Å². The number of nitrogens with zero attached hydrogens (tertiary/aromatic N) is 3. The zero-order chi connectivity index (χ0) is 17.2. The molecular weight excluding hydrogens is 334 g/mol. The fourth-order valence-electron chi connectivity index (χ4n) is 2.54. The Labute approximate surface area is 147 Å². The van der Waals surface area contributed by atoms with Gasteiger partial charge in [-0.25, -0.2) is 4.98 Å². The van der Waals surface area contributed by atoms with E-state index in [0.717, 1.165) is 16.8 Å². The summed E-state index contributed by atoms with van der Waals surface area (Å²) in [5, 5.41) is 11.5. The number of pyridine rings is 1. The maximum atomic E-state index is 12.6. The quantitative estimate of drug-likeness (QED) is 0.614. The van der Waals surface area contributed by atoms with Gasteiger partial charge in [-0.15, -0.1) is 11.3 Å². The molecule has 0 bridgehead atoms. The maximum absolute atomic E-state index is 12.6. The van der Waals surface area contributed by atoms with Gasteiger partial charge in [0.25, 0.3) is 5.56 Å². The van der Waals surface area contributed by atoms with Crippen LogP contribution < -0.4 is 5.56 Å². The van der Waals surface area contributed by atoms with Crippen LogP contribution in [0.25, 0.3) is 28.4 Å². The van der Waals surface area contributed by atoms with E-state index in [1.807, 2.05) is 29.7 Å². The summed E-state index contributed by atoms with van der Waals surface area (Å²) in [6.45, 7) is 0. The lowest BCUT2D eigenvalue weighted by molar-refractivity contribution is 0.475. The highest BCUT2D eigenvalue weighted by Crippen LogP contribution is 2.26. The molecule has 25 heavy (non-hydrogen) atoms. The number of benzene rings is 1. The van der Waals surface area contributed by atoms with E-state index in [1.165, 1.54) is 17.4 Å². The lowest BCUT2D eigenvalue weighted by Crippen LogP contribution is -2.13. The second-order valence-electron chi connectivity index (χ2n) is 5.43. The highest BCUT2D eigenvalue weighted by atomic mass is 32.1. The third kappa shape index (κ3) is 3.07. The molecule has 3 aromatic heterocycles. The molecule has 0 spiro atoms. The number of hydrogen-bond donors (Lipinski definition) is 1. The number of hydrogen-bond acceptors (Lipinski definition) is 5. The lowest BCUT2D eigenvalue weighted by atomic mass is 10.1. The van der Waals surface area contributed by atoms with E-state index in [4.69, 9.17) is 0 Å². The van der Waals surface area contributed by atoms with Crippen molar-refractivity contribution in [3.05, 3.63) is 81.8 Å². The van der Waals surface area contributed by atoms with E-state index >= 15 is 0 Å². The number of fused-ring (bicyclic) bond motifs is 1. The summed E-state index contributed by atoms with van der Waals surface area (Å²) >= 11 is 1.39. The fraction of sp³-hybridized carbons (Fsp3) is 0. The second-order valence-corrected chi connectivity index (χ2v) is 6.26. The second kappa shape index (κ2) is 6.33. The summed E-state index contributed by atoms with van der Waals surface area (Å²) in [6, 6.07) is 12.1. The van der Waals surface area contributed by atoms with Crippen molar-refractivity contribution in [2.75, 3.05) is 0 Å². The molecule has 3 heterocycles. The topological polar surface area (TPSA) is 67.5 Å². The number of rotatable bonds is 3. The highest BCUT2D eigenvalue weighted by Gasteiger charge is 2.10. The fourth-order valence-corrected chi connectivity index (χ4v) is 3.45. The predicted molar refractivity (Wildman–Crippen MR) is 99.6 cm³/mol. The largest absolute Gasteiger partial charge is 0.508 e. The Balaban J connectivity index is 1.77. The summed E-state index contributed by atoms with van der Waals surface area (Å²) in [4.78, 5) is 21.8. The molecule has 0 saturated heterocycles.